The molecule has 2 rings (SSSR count). The first kappa shape index (κ1) is 14.9. The Morgan fingerprint density at radius 1 is 1.50 bits per heavy atom. The normalized spacial score (nSPS) is 23.3. The van der Waals surface area contributed by atoms with Crippen LogP contribution in [0, 0.1) is 6.92 Å². The van der Waals surface area contributed by atoms with E-state index in [1.807, 2.05) is 0 Å². The Morgan fingerprint density at radius 2 is 2.15 bits per heavy atom. The summed E-state index contributed by atoms with van der Waals surface area (Å²) in [6.45, 7) is 1.97. The number of aromatic nitrogens is 2. The molecule has 1 aromatic heterocycles. The fraction of sp³-hybridized carbons (Fsp3) is 0.636. The van der Waals surface area contributed by atoms with Crippen LogP contribution in [0.5, 0.6) is 0 Å². The van der Waals surface area contributed by atoms with E-state index in [4.69, 9.17) is 0 Å². The molecule has 8 nitrogen and oxygen atoms in total. The Balaban J connectivity index is 2.12. The summed E-state index contributed by atoms with van der Waals surface area (Å²) in [4.78, 5) is 13.8. The zero-order valence-electron chi connectivity index (χ0n) is 11.6. The van der Waals surface area contributed by atoms with Gasteiger partial charge in [0.15, 0.2) is 0 Å². The molecule has 112 valence electrons. The molecule has 1 saturated heterocycles. The lowest BCUT2D eigenvalue weighted by atomic mass is 10.2. The molecular weight excluding hydrogens is 284 g/mol. The molecule has 0 radical (unpaired) electrons. The molecule has 0 saturated carbocycles. The molecule has 0 spiro atoms. The van der Waals surface area contributed by atoms with Crippen LogP contribution in [0.3, 0.4) is 0 Å². The number of aryl methyl sites for hydroxylation is 2. The Bertz CT molecular complexity index is 624. The molecule has 1 aromatic rings. The fourth-order valence-corrected chi connectivity index (χ4v) is 3.10. The Labute approximate surface area is 117 Å². The highest BCUT2D eigenvalue weighted by Crippen LogP contribution is 2.16. The van der Waals surface area contributed by atoms with Crippen molar-refractivity contribution in [1.82, 2.24) is 19.4 Å². The summed E-state index contributed by atoms with van der Waals surface area (Å²) in [7, 11) is -1.70. The van der Waals surface area contributed by atoms with E-state index in [0.717, 1.165) is 6.26 Å². The zero-order chi connectivity index (χ0) is 15.1. The second-order valence-corrected chi connectivity index (χ2v) is 6.86. The van der Waals surface area contributed by atoms with Gasteiger partial charge in [0.2, 0.25) is 10.0 Å². The first-order valence-corrected chi connectivity index (χ1v) is 8.01. The number of amides is 1. The zero-order valence-corrected chi connectivity index (χ0v) is 12.4. The summed E-state index contributed by atoms with van der Waals surface area (Å²) >= 11 is 0. The van der Waals surface area contributed by atoms with E-state index in [2.05, 4.69) is 9.82 Å². The number of hydrogen-bond acceptors (Lipinski definition) is 5. The molecule has 0 unspecified atom stereocenters. The Morgan fingerprint density at radius 3 is 2.65 bits per heavy atom. The van der Waals surface area contributed by atoms with E-state index >= 15 is 0 Å². The summed E-state index contributed by atoms with van der Waals surface area (Å²) in [6, 6.07) is -0.675. The maximum Gasteiger partial charge on any atom is 0.257 e. The van der Waals surface area contributed by atoms with Crippen LogP contribution < -0.4 is 4.72 Å². The lowest BCUT2D eigenvalue weighted by molar-refractivity contribution is 0.0764. The predicted octanol–water partition coefficient (Wildman–Crippen LogP) is -1.54. The highest BCUT2D eigenvalue weighted by molar-refractivity contribution is 7.88. The average molecular weight is 302 g/mol. The Hall–Kier alpha value is -1.45. The standard InChI is InChI=1S/C11H18N4O4S/c1-7-8(4-14(2)12-7)11(17)15-5-9(10(16)6-15)13-20(3,18)19/h4,9-10,13,16H,5-6H2,1-3H3/t9-,10-/m1/s1. The molecule has 0 aromatic carbocycles. The van der Waals surface area contributed by atoms with Gasteiger partial charge < -0.3 is 10.0 Å². The third kappa shape index (κ3) is 3.17. The minimum atomic E-state index is -3.42. The number of aliphatic hydroxyl groups is 1. The maximum atomic E-state index is 12.3. The average Bonchev–Trinajstić information content (AvgIpc) is 2.80. The van der Waals surface area contributed by atoms with Crippen LogP contribution in [0.15, 0.2) is 6.20 Å². The Kier molecular flexibility index (Phi) is 3.85. The first-order valence-electron chi connectivity index (χ1n) is 6.12. The number of nitrogens with one attached hydrogen (secondary N) is 1. The number of hydrogen-bond donors (Lipinski definition) is 2. The van der Waals surface area contributed by atoms with Crippen molar-refractivity contribution in [3.8, 4) is 0 Å². The van der Waals surface area contributed by atoms with Crippen LogP contribution >= 0.6 is 0 Å². The number of carbonyl (C=O) groups excluding carboxylic acids is 1. The molecule has 2 atom stereocenters. The van der Waals surface area contributed by atoms with Gasteiger partial charge in [-0.2, -0.15) is 5.10 Å². The number of carbonyl (C=O) groups is 1. The van der Waals surface area contributed by atoms with Crippen LogP contribution in [-0.2, 0) is 17.1 Å². The van der Waals surface area contributed by atoms with Gasteiger partial charge >= 0.3 is 0 Å². The highest BCUT2D eigenvalue weighted by atomic mass is 32.2. The third-order valence-corrected chi connectivity index (χ3v) is 3.92. The van der Waals surface area contributed by atoms with Gasteiger partial charge in [0, 0.05) is 26.3 Å². The summed E-state index contributed by atoms with van der Waals surface area (Å²) in [5, 5.41) is 13.9. The van der Waals surface area contributed by atoms with Crippen LogP contribution in [0.4, 0.5) is 0 Å². The van der Waals surface area contributed by atoms with Crippen molar-refractivity contribution in [3.63, 3.8) is 0 Å². The van der Waals surface area contributed by atoms with Crippen LogP contribution in [-0.4, -0.2) is 65.6 Å². The lowest BCUT2D eigenvalue weighted by Crippen LogP contribution is -2.42. The minimum Gasteiger partial charge on any atom is -0.390 e. The number of β-amino-alcohol motifs (C(OH)–C–C–N with tert-alkyl or cyclic N) is 1. The van der Waals surface area contributed by atoms with Crippen LogP contribution in [0.2, 0.25) is 0 Å². The van der Waals surface area contributed by atoms with E-state index in [9.17, 15) is 18.3 Å². The van der Waals surface area contributed by atoms with E-state index in [0.29, 0.717) is 11.3 Å². The molecule has 2 N–H and O–H groups in total. The number of nitrogens with zero attached hydrogens (tertiary/aromatic N) is 3. The number of sulfonamides is 1. The topological polar surface area (TPSA) is 105 Å². The van der Waals surface area contributed by atoms with Crippen LogP contribution in [0.25, 0.3) is 0 Å². The molecule has 20 heavy (non-hydrogen) atoms. The van der Waals surface area contributed by atoms with Crippen molar-refractivity contribution in [2.45, 2.75) is 19.1 Å². The second kappa shape index (κ2) is 5.15. The molecule has 9 heteroatoms. The second-order valence-electron chi connectivity index (χ2n) is 5.08. The number of likely N-dealkylation sites (tertiary alicyclic amines) is 1. The van der Waals surface area contributed by atoms with Gasteiger partial charge in [-0.25, -0.2) is 13.1 Å². The molecular formula is C11H18N4O4S. The van der Waals surface area contributed by atoms with Crippen LogP contribution in [0.1, 0.15) is 16.1 Å². The summed E-state index contributed by atoms with van der Waals surface area (Å²) in [5.41, 5.74) is 1.06. The van der Waals surface area contributed by atoms with E-state index in [1.54, 1.807) is 24.9 Å². The highest BCUT2D eigenvalue weighted by Gasteiger charge is 2.36. The largest absolute Gasteiger partial charge is 0.390 e. The van der Waals surface area contributed by atoms with Crippen molar-refractivity contribution >= 4 is 15.9 Å². The van der Waals surface area contributed by atoms with Gasteiger partial charge in [0.05, 0.1) is 29.7 Å². The van der Waals surface area contributed by atoms with E-state index in [1.165, 1.54) is 4.90 Å². The molecule has 0 bridgehead atoms. The number of rotatable bonds is 3. The number of aliphatic hydroxyl groups excluding tert-OH is 1. The molecule has 0 aliphatic carbocycles. The fourth-order valence-electron chi connectivity index (χ4n) is 2.32. The summed E-state index contributed by atoms with van der Waals surface area (Å²) in [6.07, 6.45) is 1.72. The van der Waals surface area contributed by atoms with Gasteiger partial charge in [-0.1, -0.05) is 0 Å². The minimum absolute atomic E-state index is 0.0976. The van der Waals surface area contributed by atoms with E-state index in [-0.39, 0.29) is 19.0 Å². The quantitative estimate of drug-likeness (QED) is 0.704. The lowest BCUT2D eigenvalue weighted by Gasteiger charge is -2.15. The van der Waals surface area contributed by atoms with Crippen molar-refractivity contribution in [3.05, 3.63) is 17.5 Å². The third-order valence-electron chi connectivity index (χ3n) is 3.19. The predicted molar refractivity (Wildman–Crippen MR) is 71.6 cm³/mol. The van der Waals surface area contributed by atoms with Crippen molar-refractivity contribution in [2.75, 3.05) is 19.3 Å². The monoisotopic (exact) mass is 302 g/mol. The maximum absolute atomic E-state index is 12.3. The SMILES string of the molecule is Cc1nn(C)cc1C(=O)N1C[C@@H](O)[C@H](NS(C)(=O)=O)C1. The van der Waals surface area contributed by atoms with Crippen molar-refractivity contribution in [1.29, 1.82) is 0 Å². The molecule has 1 aliphatic heterocycles. The summed E-state index contributed by atoms with van der Waals surface area (Å²) < 4.78 is 26.3. The van der Waals surface area contributed by atoms with Gasteiger partial charge in [0.25, 0.3) is 5.91 Å². The first-order chi connectivity index (χ1) is 9.17. The molecule has 1 aliphatic rings. The van der Waals surface area contributed by atoms with Crippen molar-refractivity contribution in [2.24, 2.45) is 7.05 Å². The van der Waals surface area contributed by atoms with Crippen molar-refractivity contribution < 1.29 is 18.3 Å². The van der Waals surface area contributed by atoms with E-state index < -0.39 is 22.2 Å². The van der Waals surface area contributed by atoms with Gasteiger partial charge in [-0.3, -0.25) is 9.48 Å². The summed E-state index contributed by atoms with van der Waals surface area (Å²) in [5.74, 6) is -0.257. The van der Waals surface area contributed by atoms with Gasteiger partial charge in [-0.15, -0.1) is 0 Å². The molecule has 2 heterocycles. The van der Waals surface area contributed by atoms with Gasteiger partial charge in [0.1, 0.15) is 0 Å². The smallest absolute Gasteiger partial charge is 0.257 e. The molecule has 1 amide bonds. The van der Waals surface area contributed by atoms with Gasteiger partial charge in [-0.05, 0) is 6.92 Å². The molecule has 1 fully saturated rings.